The van der Waals surface area contributed by atoms with Gasteiger partial charge in [0.1, 0.15) is 46.6 Å². The Hall–Kier alpha value is -4.75. The number of nitrogens with one attached hydrogen (secondary N) is 3. The second-order valence-corrected chi connectivity index (χ2v) is 18.9. The third kappa shape index (κ3) is 8.92. The number of carbonyl (C=O) groups is 4. The highest BCUT2D eigenvalue weighted by Gasteiger charge is 2.64. The third-order valence-corrected chi connectivity index (χ3v) is 14.0. The van der Waals surface area contributed by atoms with Gasteiger partial charge in [0.25, 0.3) is 5.91 Å². The van der Waals surface area contributed by atoms with E-state index < -0.39 is 92.6 Å². The molecule has 0 unspecified atom stereocenters. The number of carbonyl (C=O) groups excluding carboxylic acids is 4. The van der Waals surface area contributed by atoms with Crippen LogP contribution in [0.15, 0.2) is 30.4 Å². The Morgan fingerprint density at radius 3 is 2.44 bits per heavy atom. The van der Waals surface area contributed by atoms with Crippen molar-refractivity contribution >= 4 is 44.9 Å². The molecule has 2 aromatic rings. The normalized spacial score (nSPS) is 29.2. The van der Waals surface area contributed by atoms with Crippen LogP contribution >= 0.6 is 0 Å². The number of aromatic nitrogens is 2. The van der Waals surface area contributed by atoms with Gasteiger partial charge in [0, 0.05) is 18.4 Å². The molecule has 7 atom stereocenters. The Morgan fingerprint density at radius 2 is 1.80 bits per heavy atom. The van der Waals surface area contributed by atoms with Gasteiger partial charge in [-0.3, -0.25) is 19.1 Å². The summed E-state index contributed by atoms with van der Waals surface area (Å²) in [5, 5.41) is 5.06. The number of sulfonamides is 1. The number of hydrogen-bond donors (Lipinski definition) is 3. The van der Waals surface area contributed by atoms with Crippen LogP contribution in [0.1, 0.15) is 78.3 Å². The lowest BCUT2D eigenvalue weighted by atomic mass is 9.88. The molecule has 3 fully saturated rings. The molecule has 1 aromatic heterocycles. The quantitative estimate of drug-likeness (QED) is 0.236. The number of methoxy groups -OCH3 is 1. The van der Waals surface area contributed by atoms with Crippen molar-refractivity contribution < 1.29 is 59.4 Å². The van der Waals surface area contributed by atoms with Crippen LogP contribution in [0.25, 0.3) is 11.0 Å². The van der Waals surface area contributed by atoms with Crippen LogP contribution in [0, 0.1) is 24.7 Å². The maximum absolute atomic E-state index is 14.7. The molecule has 3 N–H and O–H groups in total. The lowest BCUT2D eigenvalue weighted by Gasteiger charge is -2.34. The van der Waals surface area contributed by atoms with E-state index in [1.165, 1.54) is 7.11 Å². The van der Waals surface area contributed by atoms with Gasteiger partial charge in [0.2, 0.25) is 33.3 Å². The van der Waals surface area contributed by atoms with Crippen molar-refractivity contribution in [2.75, 3.05) is 20.3 Å². The van der Waals surface area contributed by atoms with E-state index in [1.807, 2.05) is 11.6 Å². The summed E-state index contributed by atoms with van der Waals surface area (Å²) in [5.74, 6) is -3.56. The van der Waals surface area contributed by atoms with Crippen LogP contribution in [0.2, 0.25) is 0 Å². The molecule has 4 aliphatic rings. The minimum atomic E-state index is -4.94. The average Bonchev–Trinajstić information content (AvgIpc) is 4.06. The molecule has 2 aliphatic carbocycles. The summed E-state index contributed by atoms with van der Waals surface area (Å²) >= 11 is 0. The number of benzene rings is 1. The van der Waals surface area contributed by atoms with Crippen LogP contribution < -0.4 is 24.8 Å². The Bertz CT molecular complexity index is 2130. The fourth-order valence-electron chi connectivity index (χ4n) is 7.70. The first-order chi connectivity index (χ1) is 27.5. The summed E-state index contributed by atoms with van der Waals surface area (Å²) in [6.07, 6.45) is -2.59. The number of alkyl carbamates (subject to hydrolysis) is 1. The predicted octanol–water partition coefficient (Wildman–Crippen LogP) is 4.57. The molecule has 6 rings (SSSR count). The van der Waals surface area contributed by atoms with Crippen molar-refractivity contribution in [2.24, 2.45) is 17.8 Å². The number of rotatable bonds is 9. The fourth-order valence-corrected chi connectivity index (χ4v) is 9.13. The molecule has 0 spiro atoms. The number of ether oxygens (including phenoxy) is 3. The fraction of sp³-hybridized carbons (Fsp3) is 0.641. The van der Waals surface area contributed by atoms with E-state index >= 15 is 0 Å². The number of fused-ring (bicyclic) bond motifs is 3. The van der Waals surface area contributed by atoms with Crippen molar-refractivity contribution in [1.29, 1.82) is 0 Å². The van der Waals surface area contributed by atoms with Gasteiger partial charge in [-0.2, -0.15) is 13.2 Å². The Balaban J connectivity index is 1.35. The highest BCUT2D eigenvalue weighted by atomic mass is 32.2. The zero-order chi connectivity index (χ0) is 43.3. The summed E-state index contributed by atoms with van der Waals surface area (Å²) in [5.41, 5.74) is -3.33. The molecule has 3 heterocycles. The average molecular weight is 855 g/mol. The maximum Gasteiger partial charge on any atom is 0.427 e. The molecule has 20 heteroatoms. The summed E-state index contributed by atoms with van der Waals surface area (Å²) < 4.78 is 98.0. The zero-order valence-corrected chi connectivity index (χ0v) is 34.5. The Labute approximate surface area is 339 Å². The SMILES string of the molecule is COc1ccc2nc(C)c(O[C@@H]3C[C@H]4C(=O)N[C@]5(C(=O)NS(=O)(=O)C6(CF)CC6)C[C@H]5/C=C\CC[C@@H](C)C[C@@H](C)[C@H](NC(=O)OC(C)(C)C(F)(F)F)C(=O)N4C3)nc2c1. The first-order valence-electron chi connectivity index (χ1n) is 19.5. The van der Waals surface area contributed by atoms with Crippen molar-refractivity contribution in [1.82, 2.24) is 30.2 Å². The Kier molecular flexibility index (Phi) is 11.9. The van der Waals surface area contributed by atoms with Gasteiger partial charge >= 0.3 is 12.3 Å². The number of hydrogen-bond acceptors (Lipinski definition) is 11. The van der Waals surface area contributed by atoms with Gasteiger partial charge in [-0.15, -0.1) is 0 Å². The van der Waals surface area contributed by atoms with Crippen LogP contribution in [-0.4, -0.2) is 108 Å². The molecular formula is C39H50F4N6O9S. The number of allylic oxidation sites excluding steroid dienone is 1. The smallest absolute Gasteiger partial charge is 0.427 e. The third-order valence-electron chi connectivity index (χ3n) is 11.9. The van der Waals surface area contributed by atoms with Crippen LogP contribution in [0.3, 0.4) is 0 Å². The second-order valence-electron chi connectivity index (χ2n) is 16.8. The van der Waals surface area contributed by atoms with Gasteiger partial charge in [0.05, 0.1) is 24.7 Å². The second kappa shape index (κ2) is 16.0. The minimum absolute atomic E-state index is 0.00670. The molecule has 59 heavy (non-hydrogen) atoms. The lowest BCUT2D eigenvalue weighted by molar-refractivity contribution is -0.244. The van der Waals surface area contributed by atoms with Gasteiger partial charge in [0.15, 0.2) is 0 Å². The minimum Gasteiger partial charge on any atom is -0.497 e. The molecule has 0 bridgehead atoms. The van der Waals surface area contributed by atoms with Gasteiger partial charge < -0.3 is 29.7 Å². The molecule has 1 saturated heterocycles. The summed E-state index contributed by atoms with van der Waals surface area (Å²) in [4.78, 5) is 66.5. The topological polar surface area (TPSA) is 195 Å². The molecule has 1 aromatic carbocycles. The van der Waals surface area contributed by atoms with E-state index in [0.29, 0.717) is 55.6 Å². The van der Waals surface area contributed by atoms with E-state index in [4.69, 9.17) is 14.2 Å². The van der Waals surface area contributed by atoms with Crippen molar-refractivity contribution in [2.45, 2.75) is 120 Å². The van der Waals surface area contributed by atoms with E-state index in [2.05, 4.69) is 20.6 Å². The van der Waals surface area contributed by atoms with Crippen molar-refractivity contribution in [3.05, 3.63) is 36.0 Å². The maximum atomic E-state index is 14.7. The van der Waals surface area contributed by atoms with E-state index in [-0.39, 0.29) is 44.0 Å². The number of amides is 4. The van der Waals surface area contributed by atoms with Crippen molar-refractivity contribution in [3.63, 3.8) is 0 Å². The summed E-state index contributed by atoms with van der Waals surface area (Å²) in [7, 11) is -2.98. The zero-order valence-electron chi connectivity index (χ0n) is 33.7. The summed E-state index contributed by atoms with van der Waals surface area (Å²) in [6.45, 7) is 5.09. The van der Waals surface area contributed by atoms with Crippen LogP contribution in [0.5, 0.6) is 11.6 Å². The Morgan fingerprint density at radius 1 is 1.08 bits per heavy atom. The largest absolute Gasteiger partial charge is 0.497 e. The molecule has 0 radical (unpaired) electrons. The number of alkyl halides is 4. The molecule has 4 amide bonds. The van der Waals surface area contributed by atoms with E-state index in [9.17, 15) is 45.2 Å². The van der Waals surface area contributed by atoms with Gasteiger partial charge in [-0.25, -0.2) is 27.6 Å². The number of aryl methyl sites for hydroxylation is 1. The van der Waals surface area contributed by atoms with Gasteiger partial charge in [-0.05, 0) is 83.3 Å². The molecule has 2 aliphatic heterocycles. The van der Waals surface area contributed by atoms with Crippen LogP contribution in [0.4, 0.5) is 22.4 Å². The van der Waals surface area contributed by atoms with Crippen LogP contribution in [-0.2, 0) is 29.1 Å². The first kappa shape index (κ1) is 43.8. The standard InChI is InChI=1S/C39H50F4N6O9S/c1-21-9-7-8-10-24-18-38(24,34(52)48-59(54,55)37(20-40)13-14-37)47-31(50)29-17-26(57-32-23(3)44-27-12-11-25(56-6)16-28(27)45-32)19-49(29)33(51)30(22(2)15-21)46-35(53)58-36(4,5)39(41,42)43/h8,10-12,16,21-22,24,26,29-30H,7,9,13-15,17-20H2,1-6H3,(H,46,53)(H,47,50)(H,48,52)/b10-8-/t21-,22-,24-,26-,29+,30+,38-/m1/s1. The molecule has 324 valence electrons. The van der Waals surface area contributed by atoms with Crippen molar-refractivity contribution in [3.8, 4) is 11.6 Å². The number of nitrogens with zero attached hydrogens (tertiary/aromatic N) is 3. The lowest BCUT2D eigenvalue weighted by Crippen LogP contribution is -2.60. The molecule has 2 saturated carbocycles. The van der Waals surface area contributed by atoms with E-state index in [1.54, 1.807) is 44.2 Å². The predicted molar refractivity (Wildman–Crippen MR) is 204 cm³/mol. The first-order valence-corrected chi connectivity index (χ1v) is 21.0. The highest BCUT2D eigenvalue weighted by Crippen LogP contribution is 2.48. The number of halogens is 4. The van der Waals surface area contributed by atoms with E-state index in [0.717, 1.165) is 4.90 Å². The summed E-state index contributed by atoms with van der Waals surface area (Å²) in [6, 6.07) is 2.19. The molecular weight excluding hydrogens is 805 g/mol. The highest BCUT2D eigenvalue weighted by molar-refractivity contribution is 7.91. The molecule has 15 nitrogen and oxygen atoms in total. The monoisotopic (exact) mass is 854 g/mol. The van der Waals surface area contributed by atoms with Gasteiger partial charge in [-0.1, -0.05) is 26.0 Å².